The number of rotatable bonds is 4. The van der Waals surface area contributed by atoms with E-state index in [0.717, 1.165) is 29.9 Å². The van der Waals surface area contributed by atoms with Crippen LogP contribution >= 0.6 is 0 Å². The second-order valence-electron chi connectivity index (χ2n) is 3.34. The van der Waals surface area contributed by atoms with Gasteiger partial charge in [0, 0.05) is 30.8 Å². The van der Waals surface area contributed by atoms with Crippen LogP contribution in [0.5, 0.6) is 0 Å². The number of nitriles is 1. The van der Waals surface area contributed by atoms with Crippen LogP contribution in [0, 0.1) is 25.2 Å². The van der Waals surface area contributed by atoms with Crippen molar-refractivity contribution >= 4 is 0 Å². The summed E-state index contributed by atoms with van der Waals surface area (Å²) in [5.41, 5.74) is 8.87. The van der Waals surface area contributed by atoms with Crippen molar-refractivity contribution in [1.82, 2.24) is 9.78 Å². The number of nitrogens with zero attached hydrogens (tertiary/aromatic N) is 3. The van der Waals surface area contributed by atoms with Crippen LogP contribution in [0.15, 0.2) is 0 Å². The zero-order valence-electron chi connectivity index (χ0n) is 8.75. The minimum atomic E-state index is 0.538. The van der Waals surface area contributed by atoms with Crippen molar-refractivity contribution in [1.29, 1.82) is 5.26 Å². The first-order valence-corrected chi connectivity index (χ1v) is 4.80. The van der Waals surface area contributed by atoms with Crippen molar-refractivity contribution in [3.63, 3.8) is 0 Å². The molecule has 0 amide bonds. The number of nitrogens with two attached hydrogens (primary N) is 1. The highest BCUT2D eigenvalue weighted by Gasteiger charge is 2.08. The van der Waals surface area contributed by atoms with Gasteiger partial charge >= 0.3 is 0 Å². The molecule has 0 spiro atoms. The van der Waals surface area contributed by atoms with Crippen molar-refractivity contribution in [2.75, 3.05) is 0 Å². The molecule has 1 heterocycles. The highest BCUT2D eigenvalue weighted by atomic mass is 15.3. The molecule has 1 aromatic heterocycles. The first-order chi connectivity index (χ1) is 6.70. The van der Waals surface area contributed by atoms with Gasteiger partial charge in [-0.1, -0.05) is 0 Å². The molecule has 0 atom stereocenters. The second-order valence-corrected chi connectivity index (χ2v) is 3.34. The lowest BCUT2D eigenvalue weighted by Gasteiger charge is -2.02. The van der Waals surface area contributed by atoms with Gasteiger partial charge in [-0.2, -0.15) is 10.4 Å². The summed E-state index contributed by atoms with van der Waals surface area (Å²) in [6.45, 7) is 5.33. The van der Waals surface area contributed by atoms with Gasteiger partial charge in [-0.3, -0.25) is 4.68 Å². The Morgan fingerprint density at radius 2 is 2.21 bits per heavy atom. The number of hydrogen-bond acceptors (Lipinski definition) is 3. The lowest BCUT2D eigenvalue weighted by Crippen LogP contribution is -2.04. The van der Waals surface area contributed by atoms with Gasteiger partial charge in [0.05, 0.1) is 11.8 Å². The van der Waals surface area contributed by atoms with E-state index in [9.17, 15) is 0 Å². The normalized spacial score (nSPS) is 10.1. The fraction of sp³-hybridized carbons (Fsp3) is 0.600. The molecule has 0 aliphatic rings. The van der Waals surface area contributed by atoms with Crippen LogP contribution in [-0.2, 0) is 13.1 Å². The molecule has 76 valence electrons. The lowest BCUT2D eigenvalue weighted by atomic mass is 10.2. The summed E-state index contributed by atoms with van der Waals surface area (Å²) in [5, 5.41) is 12.8. The van der Waals surface area contributed by atoms with E-state index in [1.54, 1.807) is 0 Å². The number of aromatic nitrogens is 2. The first-order valence-electron chi connectivity index (χ1n) is 4.80. The van der Waals surface area contributed by atoms with Crippen molar-refractivity contribution in [2.45, 2.75) is 39.8 Å². The summed E-state index contributed by atoms with van der Waals surface area (Å²) in [4.78, 5) is 0. The Morgan fingerprint density at radius 3 is 2.71 bits per heavy atom. The Labute approximate surface area is 84.3 Å². The predicted octanol–water partition coefficient (Wildman–Crippen LogP) is 1.26. The van der Waals surface area contributed by atoms with E-state index >= 15 is 0 Å². The Hall–Kier alpha value is -1.34. The molecule has 4 heteroatoms. The first kappa shape index (κ1) is 10.7. The summed E-state index contributed by atoms with van der Waals surface area (Å²) in [6.07, 6.45) is 1.43. The summed E-state index contributed by atoms with van der Waals surface area (Å²) in [6, 6.07) is 2.13. The highest BCUT2D eigenvalue weighted by molar-refractivity contribution is 5.23. The third kappa shape index (κ3) is 2.12. The molecule has 0 radical (unpaired) electrons. The molecule has 4 nitrogen and oxygen atoms in total. The van der Waals surface area contributed by atoms with E-state index < -0.39 is 0 Å². The molecule has 0 fully saturated rings. The molecule has 1 aromatic rings. The molecule has 0 unspecified atom stereocenters. The Balaban J connectivity index is 2.74. The van der Waals surface area contributed by atoms with Gasteiger partial charge in [0.2, 0.25) is 0 Å². The summed E-state index contributed by atoms with van der Waals surface area (Å²) in [7, 11) is 0. The van der Waals surface area contributed by atoms with Crippen LogP contribution in [0.2, 0.25) is 0 Å². The van der Waals surface area contributed by atoms with Crippen LogP contribution in [0.4, 0.5) is 0 Å². The molecule has 0 aliphatic carbocycles. The predicted molar refractivity (Wildman–Crippen MR) is 54.4 cm³/mol. The zero-order chi connectivity index (χ0) is 10.6. The van der Waals surface area contributed by atoms with Gasteiger partial charge in [0.15, 0.2) is 0 Å². The lowest BCUT2D eigenvalue weighted by molar-refractivity contribution is 0.567. The minimum absolute atomic E-state index is 0.538. The monoisotopic (exact) mass is 192 g/mol. The Bertz CT molecular complexity index is 346. The van der Waals surface area contributed by atoms with E-state index in [2.05, 4.69) is 11.2 Å². The van der Waals surface area contributed by atoms with Crippen LogP contribution in [-0.4, -0.2) is 9.78 Å². The fourth-order valence-electron chi connectivity index (χ4n) is 1.56. The van der Waals surface area contributed by atoms with Crippen LogP contribution in [0.25, 0.3) is 0 Å². The topological polar surface area (TPSA) is 67.6 Å². The molecule has 1 rings (SSSR count). The number of aryl methyl sites for hydroxylation is 2. The molecular weight excluding hydrogens is 176 g/mol. The molecule has 0 saturated heterocycles. The molecule has 0 saturated carbocycles. The molecule has 0 aromatic carbocycles. The maximum atomic E-state index is 8.42. The third-order valence-corrected chi connectivity index (χ3v) is 2.39. The van der Waals surface area contributed by atoms with Crippen molar-refractivity contribution in [3.8, 4) is 6.07 Å². The molecule has 2 N–H and O–H groups in total. The van der Waals surface area contributed by atoms with E-state index in [4.69, 9.17) is 11.0 Å². The van der Waals surface area contributed by atoms with Crippen molar-refractivity contribution in [2.24, 2.45) is 5.73 Å². The average molecular weight is 192 g/mol. The van der Waals surface area contributed by atoms with Gasteiger partial charge in [0.1, 0.15) is 0 Å². The third-order valence-electron chi connectivity index (χ3n) is 2.39. The van der Waals surface area contributed by atoms with E-state index in [-0.39, 0.29) is 0 Å². The SMILES string of the molecule is Cc1nn(CCCC#N)c(C)c1CN. The van der Waals surface area contributed by atoms with Crippen LogP contribution in [0.1, 0.15) is 29.8 Å². The van der Waals surface area contributed by atoms with Gasteiger partial charge < -0.3 is 5.73 Å². The highest BCUT2D eigenvalue weighted by Crippen LogP contribution is 2.12. The molecule has 14 heavy (non-hydrogen) atoms. The number of unbranched alkanes of at least 4 members (excludes halogenated alkanes) is 1. The summed E-state index contributed by atoms with van der Waals surface area (Å²) in [5.74, 6) is 0. The number of hydrogen-bond donors (Lipinski definition) is 1. The van der Waals surface area contributed by atoms with Gasteiger partial charge in [-0.25, -0.2) is 0 Å². The standard InChI is InChI=1S/C10H16N4/c1-8-10(7-12)9(2)14(13-8)6-4-3-5-11/h3-4,6-7,12H2,1-2H3. The maximum absolute atomic E-state index is 8.42. The summed E-state index contributed by atoms with van der Waals surface area (Å²) < 4.78 is 1.94. The van der Waals surface area contributed by atoms with Crippen LogP contribution in [0.3, 0.4) is 0 Å². The zero-order valence-corrected chi connectivity index (χ0v) is 8.75. The summed E-state index contributed by atoms with van der Waals surface area (Å²) >= 11 is 0. The Morgan fingerprint density at radius 1 is 1.50 bits per heavy atom. The smallest absolute Gasteiger partial charge is 0.0641 e. The second kappa shape index (κ2) is 4.77. The minimum Gasteiger partial charge on any atom is -0.326 e. The fourth-order valence-corrected chi connectivity index (χ4v) is 1.56. The van der Waals surface area contributed by atoms with E-state index in [0.29, 0.717) is 13.0 Å². The molecule has 0 aliphatic heterocycles. The van der Waals surface area contributed by atoms with Crippen LogP contribution < -0.4 is 5.73 Å². The van der Waals surface area contributed by atoms with Gasteiger partial charge in [-0.15, -0.1) is 0 Å². The van der Waals surface area contributed by atoms with E-state index in [1.165, 1.54) is 0 Å². The van der Waals surface area contributed by atoms with Crippen molar-refractivity contribution < 1.29 is 0 Å². The van der Waals surface area contributed by atoms with E-state index in [1.807, 2.05) is 18.5 Å². The quantitative estimate of drug-likeness (QED) is 0.730. The molecule has 0 bridgehead atoms. The Kier molecular flexibility index (Phi) is 3.66. The van der Waals surface area contributed by atoms with Gasteiger partial charge in [0.25, 0.3) is 0 Å². The van der Waals surface area contributed by atoms with Gasteiger partial charge in [-0.05, 0) is 20.3 Å². The van der Waals surface area contributed by atoms with Crippen molar-refractivity contribution in [3.05, 3.63) is 17.0 Å². The maximum Gasteiger partial charge on any atom is 0.0641 e. The average Bonchev–Trinajstić information content (AvgIpc) is 2.42. The molecular formula is C10H16N4. The largest absolute Gasteiger partial charge is 0.326 e.